The highest BCUT2D eigenvalue weighted by Crippen LogP contribution is 2.15. The van der Waals surface area contributed by atoms with E-state index in [0.717, 1.165) is 23.7 Å². The standard InChI is InChI=1S/C12H15N3O3S/c16-11(17)5-10-8-14(1-3-18-10)6-9-7-15-2-4-19-12(15)13-9/h2,4,7,10H,1,3,5-6,8H2,(H,16,17). The number of fused-ring (bicyclic) bond motifs is 1. The van der Waals surface area contributed by atoms with Crippen molar-refractivity contribution in [3.05, 3.63) is 23.5 Å². The van der Waals surface area contributed by atoms with Gasteiger partial charge in [-0.1, -0.05) is 0 Å². The van der Waals surface area contributed by atoms with E-state index in [9.17, 15) is 4.79 Å². The zero-order chi connectivity index (χ0) is 13.2. The fraction of sp³-hybridized carbons (Fsp3) is 0.500. The molecule has 1 aliphatic heterocycles. The van der Waals surface area contributed by atoms with Gasteiger partial charge in [-0.15, -0.1) is 11.3 Å². The lowest BCUT2D eigenvalue weighted by molar-refractivity contribution is -0.142. The zero-order valence-corrected chi connectivity index (χ0v) is 11.2. The minimum Gasteiger partial charge on any atom is -0.481 e. The lowest BCUT2D eigenvalue weighted by Gasteiger charge is -2.31. The van der Waals surface area contributed by atoms with Gasteiger partial charge in [-0.2, -0.15) is 0 Å². The molecule has 6 nitrogen and oxygen atoms in total. The zero-order valence-electron chi connectivity index (χ0n) is 10.4. The van der Waals surface area contributed by atoms with Gasteiger partial charge in [-0.05, 0) is 0 Å². The van der Waals surface area contributed by atoms with Gasteiger partial charge in [0.05, 0.1) is 24.8 Å². The molecular formula is C12H15N3O3S. The number of imidazole rings is 1. The number of aromatic nitrogens is 2. The van der Waals surface area contributed by atoms with Crippen molar-refractivity contribution in [3.63, 3.8) is 0 Å². The van der Waals surface area contributed by atoms with E-state index in [0.29, 0.717) is 13.2 Å². The van der Waals surface area contributed by atoms with E-state index >= 15 is 0 Å². The summed E-state index contributed by atoms with van der Waals surface area (Å²) in [6, 6.07) is 0. The molecule has 102 valence electrons. The number of aliphatic carboxylic acids is 1. The van der Waals surface area contributed by atoms with Crippen molar-refractivity contribution in [2.75, 3.05) is 19.7 Å². The summed E-state index contributed by atoms with van der Waals surface area (Å²) in [7, 11) is 0. The summed E-state index contributed by atoms with van der Waals surface area (Å²) < 4.78 is 7.46. The molecule has 3 heterocycles. The predicted octanol–water partition coefficient (Wildman–Crippen LogP) is 1.07. The number of nitrogens with zero attached hydrogens (tertiary/aromatic N) is 3. The second-order valence-electron chi connectivity index (χ2n) is 4.65. The van der Waals surface area contributed by atoms with Gasteiger partial charge >= 0.3 is 5.97 Å². The third kappa shape index (κ3) is 2.94. The van der Waals surface area contributed by atoms with Gasteiger partial charge in [-0.3, -0.25) is 14.1 Å². The first-order valence-corrected chi connectivity index (χ1v) is 7.05. The summed E-state index contributed by atoms with van der Waals surface area (Å²) in [6.07, 6.45) is 3.86. The molecule has 1 saturated heterocycles. The molecule has 0 radical (unpaired) electrons. The van der Waals surface area contributed by atoms with Crippen LogP contribution < -0.4 is 0 Å². The summed E-state index contributed by atoms with van der Waals surface area (Å²) in [5.41, 5.74) is 1.02. The highest BCUT2D eigenvalue weighted by atomic mass is 32.1. The first-order chi connectivity index (χ1) is 9.20. The molecular weight excluding hydrogens is 266 g/mol. The average molecular weight is 281 g/mol. The van der Waals surface area contributed by atoms with E-state index in [1.54, 1.807) is 11.3 Å². The minimum absolute atomic E-state index is 0.0643. The van der Waals surface area contributed by atoms with Crippen LogP contribution in [0.1, 0.15) is 12.1 Å². The van der Waals surface area contributed by atoms with Crippen LogP contribution in [0.15, 0.2) is 17.8 Å². The van der Waals surface area contributed by atoms with Gasteiger partial charge < -0.3 is 9.84 Å². The maximum Gasteiger partial charge on any atom is 0.306 e. The molecule has 0 bridgehead atoms. The maximum atomic E-state index is 10.7. The molecule has 0 aromatic carbocycles. The highest BCUT2D eigenvalue weighted by molar-refractivity contribution is 7.15. The lowest BCUT2D eigenvalue weighted by atomic mass is 10.2. The van der Waals surface area contributed by atoms with Crippen molar-refractivity contribution in [3.8, 4) is 0 Å². The Balaban J connectivity index is 1.62. The fourth-order valence-electron chi connectivity index (χ4n) is 2.32. The Morgan fingerprint density at radius 2 is 2.53 bits per heavy atom. The van der Waals surface area contributed by atoms with E-state index in [4.69, 9.17) is 9.84 Å². The lowest BCUT2D eigenvalue weighted by Crippen LogP contribution is -2.42. The highest BCUT2D eigenvalue weighted by Gasteiger charge is 2.23. The summed E-state index contributed by atoms with van der Waals surface area (Å²) >= 11 is 1.61. The van der Waals surface area contributed by atoms with E-state index < -0.39 is 5.97 Å². The van der Waals surface area contributed by atoms with Gasteiger partial charge in [0.15, 0.2) is 4.96 Å². The number of morpholine rings is 1. The molecule has 1 fully saturated rings. The Hall–Kier alpha value is -1.44. The number of rotatable bonds is 4. The van der Waals surface area contributed by atoms with Crippen molar-refractivity contribution >= 4 is 22.3 Å². The third-order valence-electron chi connectivity index (χ3n) is 3.15. The molecule has 0 spiro atoms. The van der Waals surface area contributed by atoms with Gasteiger partial charge in [0.25, 0.3) is 0 Å². The second-order valence-corrected chi connectivity index (χ2v) is 5.52. The van der Waals surface area contributed by atoms with Crippen LogP contribution in [0.3, 0.4) is 0 Å². The smallest absolute Gasteiger partial charge is 0.306 e. The number of ether oxygens (including phenoxy) is 1. The average Bonchev–Trinajstić information content (AvgIpc) is 2.89. The maximum absolute atomic E-state index is 10.7. The molecule has 2 aromatic heterocycles. The second kappa shape index (κ2) is 5.28. The number of carbonyl (C=O) groups is 1. The SMILES string of the molecule is O=C(O)CC1CN(Cc2cn3ccsc3n2)CCO1. The van der Waals surface area contributed by atoms with E-state index in [1.807, 2.05) is 22.2 Å². The molecule has 2 aromatic rings. The van der Waals surface area contributed by atoms with Gasteiger partial charge in [0.2, 0.25) is 0 Å². The van der Waals surface area contributed by atoms with Crippen molar-refractivity contribution < 1.29 is 14.6 Å². The number of carboxylic acid groups (broad SMARTS) is 1. The summed E-state index contributed by atoms with van der Waals surface area (Å²) in [6.45, 7) is 2.80. The van der Waals surface area contributed by atoms with Crippen LogP contribution in [-0.2, 0) is 16.1 Å². The van der Waals surface area contributed by atoms with Crippen LogP contribution in [0, 0.1) is 0 Å². The van der Waals surface area contributed by atoms with Crippen LogP contribution in [0.4, 0.5) is 0 Å². The largest absolute Gasteiger partial charge is 0.481 e. The fourth-order valence-corrected chi connectivity index (χ4v) is 3.04. The van der Waals surface area contributed by atoms with Crippen molar-refractivity contribution in [2.45, 2.75) is 19.1 Å². The summed E-state index contributed by atoms with van der Waals surface area (Å²) in [4.78, 5) is 18.4. The number of thiazole rings is 1. The third-order valence-corrected chi connectivity index (χ3v) is 3.92. The van der Waals surface area contributed by atoms with Gasteiger partial charge in [0, 0.05) is 37.4 Å². The van der Waals surface area contributed by atoms with E-state index in [2.05, 4.69) is 9.88 Å². The molecule has 1 aliphatic rings. The van der Waals surface area contributed by atoms with E-state index in [1.165, 1.54) is 0 Å². The number of carboxylic acids is 1. The molecule has 1 atom stereocenters. The van der Waals surface area contributed by atoms with Crippen LogP contribution in [-0.4, -0.2) is 51.2 Å². The molecule has 0 amide bonds. The molecule has 3 rings (SSSR count). The van der Waals surface area contributed by atoms with E-state index in [-0.39, 0.29) is 12.5 Å². The normalized spacial score (nSPS) is 20.9. The minimum atomic E-state index is -0.811. The Kier molecular flexibility index (Phi) is 3.50. The first kappa shape index (κ1) is 12.6. The Morgan fingerprint density at radius 1 is 1.63 bits per heavy atom. The Labute approximate surface area is 114 Å². The number of hydrogen-bond donors (Lipinski definition) is 1. The first-order valence-electron chi connectivity index (χ1n) is 6.17. The van der Waals surface area contributed by atoms with Gasteiger partial charge in [0.1, 0.15) is 0 Å². The Bertz CT molecular complexity index is 551. The van der Waals surface area contributed by atoms with Gasteiger partial charge in [-0.25, -0.2) is 4.98 Å². The van der Waals surface area contributed by atoms with Crippen molar-refractivity contribution in [2.24, 2.45) is 0 Å². The van der Waals surface area contributed by atoms with Crippen molar-refractivity contribution in [1.29, 1.82) is 0 Å². The molecule has 19 heavy (non-hydrogen) atoms. The van der Waals surface area contributed by atoms with Crippen molar-refractivity contribution in [1.82, 2.24) is 14.3 Å². The number of hydrogen-bond acceptors (Lipinski definition) is 5. The van der Waals surface area contributed by atoms with Crippen LogP contribution in [0.5, 0.6) is 0 Å². The van der Waals surface area contributed by atoms with Crippen LogP contribution in [0.2, 0.25) is 0 Å². The quantitative estimate of drug-likeness (QED) is 0.908. The molecule has 1 N–H and O–H groups in total. The molecule has 0 saturated carbocycles. The monoisotopic (exact) mass is 281 g/mol. The summed E-state index contributed by atoms with van der Waals surface area (Å²) in [5.74, 6) is -0.811. The molecule has 0 aliphatic carbocycles. The molecule has 7 heteroatoms. The Morgan fingerprint density at radius 3 is 3.32 bits per heavy atom. The van der Waals surface area contributed by atoms with Crippen LogP contribution >= 0.6 is 11.3 Å². The predicted molar refractivity (Wildman–Crippen MR) is 70.3 cm³/mol. The topological polar surface area (TPSA) is 67.1 Å². The molecule has 1 unspecified atom stereocenters. The van der Waals surface area contributed by atoms with Crippen LogP contribution in [0.25, 0.3) is 4.96 Å². The summed E-state index contributed by atoms with van der Waals surface area (Å²) in [5, 5.41) is 10.8.